The van der Waals surface area contributed by atoms with Crippen LogP contribution in [0, 0.1) is 6.92 Å². The zero-order valence-electron chi connectivity index (χ0n) is 13.0. The summed E-state index contributed by atoms with van der Waals surface area (Å²) in [6.07, 6.45) is 0.920. The Morgan fingerprint density at radius 3 is 2.91 bits per heavy atom. The smallest absolute Gasteiger partial charge is 0.223 e. The first-order valence-electron chi connectivity index (χ1n) is 7.56. The second-order valence-electron chi connectivity index (χ2n) is 5.67. The second-order valence-corrected chi connectivity index (χ2v) is 7.82. The van der Waals surface area contributed by atoms with Gasteiger partial charge in [-0.05, 0) is 42.5 Å². The Hall–Kier alpha value is -1.98. The zero-order chi connectivity index (χ0) is 16.0. The fraction of sp³-hybridized carbons (Fsp3) is 0.222. The molecule has 0 aliphatic carbocycles. The number of thiophene rings is 1. The third-order valence-corrected chi connectivity index (χ3v) is 6.17. The van der Waals surface area contributed by atoms with E-state index in [1.165, 1.54) is 15.3 Å². The number of aromatic nitrogens is 1. The highest BCUT2D eigenvalue weighted by molar-refractivity contribution is 7.21. The lowest BCUT2D eigenvalue weighted by Crippen LogP contribution is -2.25. The number of nitrogens with zero attached hydrogens (tertiary/aromatic N) is 2. The van der Waals surface area contributed by atoms with Crippen LogP contribution in [0.4, 0.5) is 5.69 Å². The summed E-state index contributed by atoms with van der Waals surface area (Å²) in [6.45, 7) is 4.53. The molecule has 0 N–H and O–H groups in total. The molecule has 0 radical (unpaired) electrons. The van der Waals surface area contributed by atoms with Gasteiger partial charge in [0.15, 0.2) is 0 Å². The second kappa shape index (κ2) is 5.58. The van der Waals surface area contributed by atoms with Gasteiger partial charge in [-0.3, -0.25) is 4.79 Å². The molecule has 3 nitrogen and oxygen atoms in total. The van der Waals surface area contributed by atoms with Crippen molar-refractivity contribution < 1.29 is 4.79 Å². The van der Waals surface area contributed by atoms with Crippen molar-refractivity contribution in [2.45, 2.75) is 20.3 Å². The number of hydrogen-bond acceptors (Lipinski definition) is 4. The van der Waals surface area contributed by atoms with Crippen LogP contribution in [0.15, 0.2) is 35.7 Å². The normalized spacial score (nSPS) is 13.4. The van der Waals surface area contributed by atoms with Gasteiger partial charge in [0.2, 0.25) is 5.91 Å². The van der Waals surface area contributed by atoms with Crippen LogP contribution in [-0.4, -0.2) is 17.4 Å². The lowest BCUT2D eigenvalue weighted by Gasteiger charge is -2.14. The van der Waals surface area contributed by atoms with Crippen molar-refractivity contribution in [2.24, 2.45) is 0 Å². The number of thiazole rings is 1. The topological polar surface area (TPSA) is 33.2 Å². The third kappa shape index (κ3) is 2.50. The van der Waals surface area contributed by atoms with Crippen LogP contribution in [0.5, 0.6) is 0 Å². The summed E-state index contributed by atoms with van der Waals surface area (Å²) in [7, 11) is 0. The molecule has 2 aromatic heterocycles. The summed E-state index contributed by atoms with van der Waals surface area (Å²) in [5.41, 5.74) is 4.49. The van der Waals surface area contributed by atoms with Crippen LogP contribution in [0.25, 0.3) is 21.1 Å². The van der Waals surface area contributed by atoms with Gasteiger partial charge in [-0.2, -0.15) is 0 Å². The predicted molar refractivity (Wildman–Crippen MR) is 97.3 cm³/mol. The van der Waals surface area contributed by atoms with Crippen LogP contribution in [0.2, 0.25) is 0 Å². The Labute approximate surface area is 143 Å². The van der Waals surface area contributed by atoms with Crippen molar-refractivity contribution in [1.82, 2.24) is 4.98 Å². The zero-order valence-corrected chi connectivity index (χ0v) is 14.6. The van der Waals surface area contributed by atoms with Crippen LogP contribution < -0.4 is 4.90 Å². The van der Waals surface area contributed by atoms with E-state index in [2.05, 4.69) is 42.6 Å². The SMILES string of the molecule is CC(=O)N1CCc2cc(-c3nc(-c4cccs4)sc3C)ccc21. The molecule has 0 saturated heterocycles. The minimum absolute atomic E-state index is 0.112. The highest BCUT2D eigenvalue weighted by Gasteiger charge is 2.23. The number of carbonyl (C=O) groups is 1. The van der Waals surface area contributed by atoms with Gasteiger partial charge in [0, 0.05) is 29.6 Å². The fourth-order valence-electron chi connectivity index (χ4n) is 3.05. The minimum atomic E-state index is 0.112. The fourth-order valence-corrected chi connectivity index (χ4v) is 4.78. The highest BCUT2D eigenvalue weighted by atomic mass is 32.1. The number of fused-ring (bicyclic) bond motifs is 1. The summed E-state index contributed by atoms with van der Waals surface area (Å²) in [4.78, 5) is 20.8. The molecule has 5 heteroatoms. The van der Waals surface area contributed by atoms with E-state index in [0.29, 0.717) is 0 Å². The van der Waals surface area contributed by atoms with Gasteiger partial charge >= 0.3 is 0 Å². The first-order valence-corrected chi connectivity index (χ1v) is 9.26. The standard InChI is InChI=1S/C18H16N2OS2/c1-11-17(19-18(23-11)16-4-3-9-22-16)14-5-6-15-13(10-14)7-8-20(15)12(2)21/h3-6,9-10H,7-8H2,1-2H3. The first kappa shape index (κ1) is 14.6. The van der Waals surface area contributed by atoms with Gasteiger partial charge in [0.25, 0.3) is 0 Å². The molecule has 116 valence electrons. The first-order chi connectivity index (χ1) is 11.1. The van der Waals surface area contributed by atoms with E-state index in [-0.39, 0.29) is 5.91 Å². The predicted octanol–water partition coefficient (Wildman–Crippen LogP) is 4.76. The molecule has 0 spiro atoms. The monoisotopic (exact) mass is 340 g/mol. The molecular weight excluding hydrogens is 324 g/mol. The van der Waals surface area contributed by atoms with Crippen molar-refractivity contribution in [3.05, 3.63) is 46.2 Å². The maximum absolute atomic E-state index is 11.7. The maximum Gasteiger partial charge on any atom is 0.223 e. The molecule has 3 heterocycles. The van der Waals surface area contributed by atoms with Crippen molar-refractivity contribution in [3.8, 4) is 21.1 Å². The molecule has 0 atom stereocenters. The van der Waals surface area contributed by atoms with E-state index in [9.17, 15) is 4.79 Å². The molecule has 1 aliphatic heterocycles. The molecular formula is C18H16N2OS2. The Balaban J connectivity index is 1.74. The molecule has 0 bridgehead atoms. The van der Waals surface area contributed by atoms with Crippen LogP contribution >= 0.6 is 22.7 Å². The molecule has 0 saturated carbocycles. The number of anilines is 1. The molecule has 1 aromatic carbocycles. The molecule has 23 heavy (non-hydrogen) atoms. The Morgan fingerprint density at radius 1 is 1.30 bits per heavy atom. The molecule has 1 aliphatic rings. The van der Waals surface area contributed by atoms with Crippen LogP contribution in [-0.2, 0) is 11.2 Å². The minimum Gasteiger partial charge on any atom is -0.312 e. The van der Waals surface area contributed by atoms with Crippen molar-refractivity contribution in [3.63, 3.8) is 0 Å². The van der Waals surface area contributed by atoms with E-state index in [4.69, 9.17) is 4.98 Å². The lowest BCUT2D eigenvalue weighted by molar-refractivity contribution is -0.116. The number of amides is 1. The highest BCUT2D eigenvalue weighted by Crippen LogP contribution is 2.37. The van der Waals surface area contributed by atoms with E-state index in [0.717, 1.165) is 34.9 Å². The Bertz CT molecular complexity index is 881. The molecule has 1 amide bonds. The average Bonchev–Trinajstić information content (AvgIpc) is 3.25. The largest absolute Gasteiger partial charge is 0.312 e. The van der Waals surface area contributed by atoms with E-state index in [1.54, 1.807) is 29.6 Å². The van der Waals surface area contributed by atoms with Gasteiger partial charge in [-0.25, -0.2) is 4.98 Å². The van der Waals surface area contributed by atoms with Gasteiger partial charge in [0.1, 0.15) is 5.01 Å². The molecule has 4 rings (SSSR count). The van der Waals surface area contributed by atoms with E-state index >= 15 is 0 Å². The Kier molecular flexibility index (Phi) is 3.54. The maximum atomic E-state index is 11.7. The van der Waals surface area contributed by atoms with Crippen molar-refractivity contribution in [2.75, 3.05) is 11.4 Å². The summed E-state index contributed by atoms with van der Waals surface area (Å²) in [5.74, 6) is 0.112. The summed E-state index contributed by atoms with van der Waals surface area (Å²) in [5, 5.41) is 3.16. The van der Waals surface area contributed by atoms with Gasteiger partial charge in [-0.1, -0.05) is 12.1 Å². The summed E-state index contributed by atoms with van der Waals surface area (Å²) < 4.78 is 0. The van der Waals surface area contributed by atoms with Gasteiger partial charge < -0.3 is 4.90 Å². The Morgan fingerprint density at radius 2 is 2.17 bits per heavy atom. The summed E-state index contributed by atoms with van der Waals surface area (Å²) in [6, 6.07) is 10.5. The molecule has 0 unspecified atom stereocenters. The quantitative estimate of drug-likeness (QED) is 0.674. The number of aryl methyl sites for hydroxylation is 1. The number of carbonyl (C=O) groups excluding carboxylic acids is 1. The van der Waals surface area contributed by atoms with Gasteiger partial charge in [-0.15, -0.1) is 22.7 Å². The lowest BCUT2D eigenvalue weighted by atomic mass is 10.1. The number of benzene rings is 1. The van der Waals surface area contributed by atoms with Gasteiger partial charge in [0.05, 0.1) is 10.6 Å². The van der Waals surface area contributed by atoms with E-state index < -0.39 is 0 Å². The average molecular weight is 340 g/mol. The van der Waals surface area contributed by atoms with Crippen molar-refractivity contribution >= 4 is 34.3 Å². The molecule has 0 fully saturated rings. The third-order valence-electron chi connectivity index (χ3n) is 4.16. The van der Waals surface area contributed by atoms with E-state index in [1.807, 2.05) is 4.90 Å². The summed E-state index contributed by atoms with van der Waals surface area (Å²) >= 11 is 3.46. The number of hydrogen-bond donors (Lipinski definition) is 0. The molecule has 3 aromatic rings. The van der Waals surface area contributed by atoms with Crippen LogP contribution in [0.1, 0.15) is 17.4 Å². The van der Waals surface area contributed by atoms with Crippen molar-refractivity contribution in [1.29, 1.82) is 0 Å². The van der Waals surface area contributed by atoms with Crippen LogP contribution in [0.3, 0.4) is 0 Å². The number of rotatable bonds is 2.